The molecule has 2 aromatic rings. The van der Waals surface area contributed by atoms with Gasteiger partial charge in [-0.2, -0.15) is 0 Å². The summed E-state index contributed by atoms with van der Waals surface area (Å²) < 4.78 is 5.19. The second kappa shape index (κ2) is 9.73. The van der Waals surface area contributed by atoms with Crippen LogP contribution in [0.15, 0.2) is 53.4 Å². The van der Waals surface area contributed by atoms with Crippen molar-refractivity contribution < 1.29 is 9.53 Å². The van der Waals surface area contributed by atoms with Gasteiger partial charge in [0.15, 0.2) is 0 Å². The molecule has 2 rings (SSSR count). The zero-order chi connectivity index (χ0) is 18.2. The summed E-state index contributed by atoms with van der Waals surface area (Å²) >= 11 is 7.49. The average molecular weight is 378 g/mol. The number of amides is 1. The van der Waals surface area contributed by atoms with Crippen LogP contribution in [0.3, 0.4) is 0 Å². The number of halogens is 1. The Morgan fingerprint density at radius 2 is 1.72 bits per heavy atom. The molecule has 5 heteroatoms. The summed E-state index contributed by atoms with van der Waals surface area (Å²) in [6, 6.07) is 15.4. The molecule has 0 aliphatic heterocycles. The van der Waals surface area contributed by atoms with E-state index in [9.17, 15) is 4.79 Å². The minimum absolute atomic E-state index is 0.00160. The molecule has 1 amide bonds. The monoisotopic (exact) mass is 377 g/mol. The Morgan fingerprint density at radius 3 is 2.24 bits per heavy atom. The van der Waals surface area contributed by atoms with E-state index in [2.05, 4.69) is 12.2 Å². The fourth-order valence-electron chi connectivity index (χ4n) is 2.52. The Bertz CT molecular complexity index is 673. The number of hydrogen-bond acceptors (Lipinski definition) is 3. The first kappa shape index (κ1) is 19.7. The molecule has 134 valence electrons. The van der Waals surface area contributed by atoms with Gasteiger partial charge in [0.25, 0.3) is 0 Å². The molecule has 0 heterocycles. The first-order valence-electron chi connectivity index (χ1n) is 8.43. The van der Waals surface area contributed by atoms with Crippen molar-refractivity contribution >= 4 is 29.3 Å². The minimum Gasteiger partial charge on any atom is -0.497 e. The summed E-state index contributed by atoms with van der Waals surface area (Å²) in [5.74, 6) is 0.875. The minimum atomic E-state index is -0.131. The second-order valence-electron chi connectivity index (χ2n) is 5.71. The van der Waals surface area contributed by atoms with Gasteiger partial charge in [-0.1, -0.05) is 37.6 Å². The summed E-state index contributed by atoms with van der Waals surface area (Å²) in [5, 5.41) is 3.75. The lowest BCUT2D eigenvalue weighted by molar-refractivity contribution is -0.121. The van der Waals surface area contributed by atoms with Crippen molar-refractivity contribution in [1.29, 1.82) is 0 Å². The molecular formula is C20H24ClNO2S. The summed E-state index contributed by atoms with van der Waals surface area (Å²) in [5.41, 5.74) is 1.09. The van der Waals surface area contributed by atoms with Crippen LogP contribution in [-0.4, -0.2) is 18.3 Å². The highest BCUT2D eigenvalue weighted by atomic mass is 35.5. The summed E-state index contributed by atoms with van der Waals surface area (Å²) in [6.07, 6.45) is 1.60. The molecule has 0 aliphatic carbocycles. The Morgan fingerprint density at radius 1 is 1.08 bits per heavy atom. The zero-order valence-corrected chi connectivity index (χ0v) is 16.4. The third-order valence-corrected chi connectivity index (χ3v) is 5.63. The predicted octanol–water partition coefficient (Wildman–Crippen LogP) is 5.49. The number of ether oxygens (including phenoxy) is 1. The number of carbonyl (C=O) groups excluding carboxylic acids is 1. The molecule has 0 bridgehead atoms. The molecular weight excluding hydrogens is 354 g/mol. The molecule has 3 nitrogen and oxygen atoms in total. The van der Waals surface area contributed by atoms with E-state index in [4.69, 9.17) is 16.3 Å². The summed E-state index contributed by atoms with van der Waals surface area (Å²) in [6.45, 7) is 4.10. The molecule has 1 N–H and O–H groups in total. The van der Waals surface area contributed by atoms with Crippen molar-refractivity contribution in [2.45, 2.75) is 42.9 Å². The van der Waals surface area contributed by atoms with E-state index in [1.807, 2.05) is 55.5 Å². The Balaban J connectivity index is 2.03. The van der Waals surface area contributed by atoms with Gasteiger partial charge < -0.3 is 10.1 Å². The van der Waals surface area contributed by atoms with Crippen molar-refractivity contribution in [1.82, 2.24) is 5.32 Å². The number of thioether (sulfide) groups is 1. The van der Waals surface area contributed by atoms with Crippen molar-refractivity contribution in [3.8, 4) is 5.75 Å². The van der Waals surface area contributed by atoms with Gasteiger partial charge in [0.2, 0.25) is 5.91 Å². The molecule has 2 aromatic carbocycles. The molecule has 0 saturated heterocycles. The fourth-order valence-corrected chi connectivity index (χ4v) is 3.61. The van der Waals surface area contributed by atoms with Crippen molar-refractivity contribution in [2.24, 2.45) is 0 Å². The number of methoxy groups -OCH3 is 1. The lowest BCUT2D eigenvalue weighted by Gasteiger charge is -2.21. The lowest BCUT2D eigenvalue weighted by atomic mass is 10.0. The largest absolute Gasteiger partial charge is 0.497 e. The molecule has 0 unspecified atom stereocenters. The van der Waals surface area contributed by atoms with Crippen LogP contribution < -0.4 is 10.1 Å². The number of nitrogens with one attached hydrogen (secondary N) is 1. The number of hydrogen-bond donors (Lipinski definition) is 1. The van der Waals surface area contributed by atoms with E-state index in [1.54, 1.807) is 18.9 Å². The van der Waals surface area contributed by atoms with Crippen LogP contribution in [-0.2, 0) is 4.79 Å². The first-order valence-corrected chi connectivity index (χ1v) is 9.69. The standard InChI is InChI=1S/C20H24ClNO2S/c1-4-18(14-6-10-16(24-3)11-7-14)22-20(23)19(5-2)25-17-12-8-15(21)9-13-17/h6-13,18-19H,4-5H2,1-3H3,(H,22,23)/t18-,19+/m0/s1. The molecule has 2 atom stereocenters. The van der Waals surface area contributed by atoms with Gasteiger partial charge in [0.1, 0.15) is 5.75 Å². The van der Waals surface area contributed by atoms with Crippen LogP contribution in [0.2, 0.25) is 5.02 Å². The van der Waals surface area contributed by atoms with Crippen molar-refractivity contribution in [3.05, 3.63) is 59.1 Å². The summed E-state index contributed by atoms with van der Waals surface area (Å²) in [4.78, 5) is 13.8. The van der Waals surface area contributed by atoms with Crippen LogP contribution in [0.1, 0.15) is 38.3 Å². The smallest absolute Gasteiger partial charge is 0.233 e. The van der Waals surface area contributed by atoms with Gasteiger partial charge in [-0.05, 0) is 54.8 Å². The van der Waals surface area contributed by atoms with Gasteiger partial charge in [-0.25, -0.2) is 0 Å². The topological polar surface area (TPSA) is 38.3 Å². The maximum absolute atomic E-state index is 12.7. The molecule has 0 spiro atoms. The predicted molar refractivity (Wildman–Crippen MR) is 106 cm³/mol. The highest BCUT2D eigenvalue weighted by Gasteiger charge is 2.21. The lowest BCUT2D eigenvalue weighted by Crippen LogP contribution is -2.35. The molecule has 0 radical (unpaired) electrons. The van der Waals surface area contributed by atoms with Crippen LogP contribution in [0.5, 0.6) is 5.75 Å². The zero-order valence-electron chi connectivity index (χ0n) is 14.8. The van der Waals surface area contributed by atoms with E-state index in [1.165, 1.54) is 0 Å². The van der Waals surface area contributed by atoms with E-state index in [0.29, 0.717) is 5.02 Å². The highest BCUT2D eigenvalue weighted by Crippen LogP contribution is 2.28. The highest BCUT2D eigenvalue weighted by molar-refractivity contribution is 8.00. The van der Waals surface area contributed by atoms with E-state index >= 15 is 0 Å². The maximum atomic E-state index is 12.7. The van der Waals surface area contributed by atoms with Gasteiger partial charge >= 0.3 is 0 Å². The second-order valence-corrected chi connectivity index (χ2v) is 7.42. The van der Waals surface area contributed by atoms with Crippen LogP contribution >= 0.6 is 23.4 Å². The maximum Gasteiger partial charge on any atom is 0.233 e. The van der Waals surface area contributed by atoms with E-state index in [0.717, 1.165) is 29.1 Å². The fraction of sp³-hybridized carbons (Fsp3) is 0.350. The third-order valence-electron chi connectivity index (χ3n) is 4.00. The Hall–Kier alpha value is -1.65. The van der Waals surface area contributed by atoms with Gasteiger partial charge in [-0.15, -0.1) is 11.8 Å². The SMILES string of the molecule is CC[C@H](NC(=O)[C@@H](CC)Sc1ccc(Cl)cc1)c1ccc(OC)cc1. The van der Waals surface area contributed by atoms with Crippen LogP contribution in [0, 0.1) is 0 Å². The Kier molecular flexibility index (Phi) is 7.66. The average Bonchev–Trinajstić information content (AvgIpc) is 2.65. The number of benzene rings is 2. The molecule has 0 fully saturated rings. The van der Waals surface area contributed by atoms with E-state index < -0.39 is 0 Å². The number of rotatable bonds is 8. The van der Waals surface area contributed by atoms with Gasteiger partial charge in [0.05, 0.1) is 18.4 Å². The molecule has 0 aliphatic rings. The number of carbonyl (C=O) groups is 1. The third kappa shape index (κ3) is 5.68. The van der Waals surface area contributed by atoms with Crippen LogP contribution in [0.4, 0.5) is 0 Å². The summed E-state index contributed by atoms with van der Waals surface area (Å²) in [7, 11) is 1.65. The van der Waals surface area contributed by atoms with Gasteiger partial charge in [-0.3, -0.25) is 4.79 Å². The first-order chi connectivity index (χ1) is 12.1. The molecule has 25 heavy (non-hydrogen) atoms. The Labute approximate surface area is 159 Å². The van der Waals surface area contributed by atoms with Crippen LogP contribution in [0.25, 0.3) is 0 Å². The van der Waals surface area contributed by atoms with Crippen molar-refractivity contribution in [3.63, 3.8) is 0 Å². The van der Waals surface area contributed by atoms with Gasteiger partial charge in [0, 0.05) is 9.92 Å². The van der Waals surface area contributed by atoms with Crippen molar-refractivity contribution in [2.75, 3.05) is 7.11 Å². The molecule has 0 saturated carbocycles. The quantitative estimate of drug-likeness (QED) is 0.618. The van der Waals surface area contributed by atoms with E-state index in [-0.39, 0.29) is 17.2 Å². The molecule has 0 aromatic heterocycles. The normalized spacial score (nSPS) is 13.1.